The van der Waals surface area contributed by atoms with Crippen LogP contribution in [0.1, 0.15) is 22.8 Å². The fourth-order valence-electron chi connectivity index (χ4n) is 2.93. The lowest BCUT2D eigenvalue weighted by molar-refractivity contribution is -0.114. The lowest BCUT2D eigenvalue weighted by Crippen LogP contribution is -2.21. The third-order valence-electron chi connectivity index (χ3n) is 4.52. The van der Waals surface area contributed by atoms with E-state index in [9.17, 15) is 14.0 Å². The smallest absolute Gasteiger partial charge is 0.337 e. The standard InChI is InChI=1S/C22H16FN3O3S/c1-13-18(11-14-3-5-16(6-4-14)21(28)29-2)20(27)26(25-13)22-24-19(12-30-22)15-7-9-17(23)10-8-15/h3-12H,1-2H3/b18-11+. The molecular formula is C22H16FN3O3S. The molecule has 1 aliphatic heterocycles. The van der Waals surface area contributed by atoms with Gasteiger partial charge >= 0.3 is 5.97 Å². The number of hydrazone groups is 1. The summed E-state index contributed by atoms with van der Waals surface area (Å²) in [4.78, 5) is 28.9. The molecule has 4 rings (SSSR count). The summed E-state index contributed by atoms with van der Waals surface area (Å²) in [7, 11) is 1.32. The van der Waals surface area contributed by atoms with E-state index in [4.69, 9.17) is 0 Å². The number of rotatable bonds is 4. The SMILES string of the molecule is COC(=O)c1ccc(/C=C2/C(=O)N(c3nc(-c4ccc(F)cc4)cs3)N=C2C)cc1. The predicted octanol–water partition coefficient (Wildman–Crippen LogP) is 4.54. The Kier molecular flexibility index (Phi) is 5.24. The fourth-order valence-corrected chi connectivity index (χ4v) is 3.71. The van der Waals surface area contributed by atoms with Gasteiger partial charge in [0.15, 0.2) is 0 Å². The van der Waals surface area contributed by atoms with Crippen molar-refractivity contribution in [1.82, 2.24) is 4.98 Å². The number of esters is 1. The molecule has 3 aromatic rings. The summed E-state index contributed by atoms with van der Waals surface area (Å²) < 4.78 is 17.8. The number of carbonyl (C=O) groups excluding carboxylic acids is 2. The normalized spacial score (nSPS) is 14.9. The maximum atomic E-state index is 13.1. The number of anilines is 1. The molecule has 0 aliphatic carbocycles. The first-order chi connectivity index (χ1) is 14.5. The van der Waals surface area contributed by atoms with E-state index in [1.54, 1.807) is 54.8 Å². The molecule has 0 bridgehead atoms. The summed E-state index contributed by atoms with van der Waals surface area (Å²) in [6, 6.07) is 12.7. The number of hydrogen-bond donors (Lipinski definition) is 0. The Bertz CT molecular complexity index is 1180. The Morgan fingerprint density at radius 3 is 2.50 bits per heavy atom. The summed E-state index contributed by atoms with van der Waals surface area (Å²) >= 11 is 1.28. The number of ether oxygens (including phenoxy) is 1. The highest BCUT2D eigenvalue weighted by molar-refractivity contribution is 7.14. The summed E-state index contributed by atoms with van der Waals surface area (Å²) in [6.45, 7) is 1.75. The number of hydrogen-bond acceptors (Lipinski definition) is 6. The van der Waals surface area contributed by atoms with E-state index in [0.717, 1.165) is 11.1 Å². The first-order valence-corrected chi connectivity index (χ1v) is 9.86. The Morgan fingerprint density at radius 1 is 1.13 bits per heavy atom. The summed E-state index contributed by atoms with van der Waals surface area (Å²) in [5.41, 5.74) is 3.60. The van der Waals surface area contributed by atoms with Gasteiger partial charge in [-0.25, -0.2) is 14.2 Å². The topological polar surface area (TPSA) is 71.9 Å². The van der Waals surface area contributed by atoms with Gasteiger partial charge in [0.1, 0.15) is 5.82 Å². The minimum atomic E-state index is -0.421. The van der Waals surface area contributed by atoms with Crippen molar-refractivity contribution in [2.24, 2.45) is 5.10 Å². The van der Waals surface area contributed by atoms with Gasteiger partial charge in [0.25, 0.3) is 5.91 Å². The van der Waals surface area contributed by atoms with Crippen molar-refractivity contribution in [2.75, 3.05) is 12.1 Å². The number of aromatic nitrogens is 1. The zero-order valence-corrected chi connectivity index (χ0v) is 16.9. The van der Waals surface area contributed by atoms with Crippen LogP contribution in [-0.4, -0.2) is 29.7 Å². The molecule has 0 spiro atoms. The molecule has 30 heavy (non-hydrogen) atoms. The monoisotopic (exact) mass is 421 g/mol. The molecule has 0 atom stereocenters. The van der Waals surface area contributed by atoms with Gasteiger partial charge in [-0.05, 0) is 55.0 Å². The van der Waals surface area contributed by atoms with Crippen molar-refractivity contribution in [1.29, 1.82) is 0 Å². The molecule has 0 fully saturated rings. The number of nitrogens with zero attached hydrogens (tertiary/aromatic N) is 3. The molecule has 2 aromatic carbocycles. The number of halogens is 1. The largest absolute Gasteiger partial charge is 0.465 e. The average molecular weight is 421 g/mol. The minimum absolute atomic E-state index is 0.287. The molecule has 0 saturated heterocycles. The van der Waals surface area contributed by atoms with E-state index in [0.29, 0.717) is 27.7 Å². The molecule has 0 N–H and O–H groups in total. The number of thiazole rings is 1. The van der Waals surface area contributed by atoms with Gasteiger partial charge in [-0.2, -0.15) is 10.1 Å². The maximum absolute atomic E-state index is 13.1. The number of carbonyl (C=O) groups is 2. The molecule has 8 heteroatoms. The first kappa shape index (κ1) is 19.7. The van der Waals surface area contributed by atoms with Crippen LogP contribution in [0.15, 0.2) is 64.6 Å². The maximum Gasteiger partial charge on any atom is 0.337 e. The minimum Gasteiger partial charge on any atom is -0.465 e. The second-order valence-electron chi connectivity index (χ2n) is 6.50. The molecule has 2 heterocycles. The van der Waals surface area contributed by atoms with E-state index < -0.39 is 5.97 Å². The van der Waals surface area contributed by atoms with E-state index >= 15 is 0 Å². The lowest BCUT2D eigenvalue weighted by Gasteiger charge is -2.07. The van der Waals surface area contributed by atoms with E-state index in [-0.39, 0.29) is 11.7 Å². The molecule has 1 aromatic heterocycles. The van der Waals surface area contributed by atoms with Crippen LogP contribution in [0.4, 0.5) is 9.52 Å². The molecular weight excluding hydrogens is 405 g/mol. The zero-order valence-electron chi connectivity index (χ0n) is 16.1. The van der Waals surface area contributed by atoms with Gasteiger partial charge in [-0.3, -0.25) is 4.79 Å². The predicted molar refractivity (Wildman–Crippen MR) is 114 cm³/mol. The Labute approximate surface area is 175 Å². The highest BCUT2D eigenvalue weighted by Gasteiger charge is 2.30. The highest BCUT2D eigenvalue weighted by Crippen LogP contribution is 2.31. The van der Waals surface area contributed by atoms with Gasteiger partial charge in [0, 0.05) is 10.9 Å². The molecule has 0 saturated carbocycles. The van der Waals surface area contributed by atoms with Crippen LogP contribution in [0.25, 0.3) is 17.3 Å². The quantitative estimate of drug-likeness (QED) is 0.458. The van der Waals surface area contributed by atoms with Gasteiger partial charge < -0.3 is 4.74 Å². The van der Waals surface area contributed by atoms with Crippen LogP contribution in [0.3, 0.4) is 0 Å². The zero-order chi connectivity index (χ0) is 21.3. The van der Waals surface area contributed by atoms with Crippen LogP contribution in [0, 0.1) is 5.82 Å². The van der Waals surface area contributed by atoms with E-state index in [1.165, 1.54) is 35.6 Å². The fraction of sp³-hybridized carbons (Fsp3) is 0.0909. The van der Waals surface area contributed by atoms with Crippen molar-refractivity contribution in [3.05, 3.63) is 76.4 Å². The molecule has 1 amide bonds. The Morgan fingerprint density at radius 2 is 1.83 bits per heavy atom. The van der Waals surface area contributed by atoms with Crippen molar-refractivity contribution in [3.8, 4) is 11.3 Å². The second kappa shape index (κ2) is 8.00. The molecule has 0 unspecified atom stereocenters. The van der Waals surface area contributed by atoms with Crippen LogP contribution >= 0.6 is 11.3 Å². The van der Waals surface area contributed by atoms with Crippen LogP contribution in [-0.2, 0) is 9.53 Å². The van der Waals surface area contributed by atoms with Crippen molar-refractivity contribution < 1.29 is 18.7 Å². The van der Waals surface area contributed by atoms with Crippen LogP contribution in [0.2, 0.25) is 0 Å². The summed E-state index contributed by atoms with van der Waals surface area (Å²) in [5.74, 6) is -1.03. The van der Waals surface area contributed by atoms with Gasteiger partial charge in [0.2, 0.25) is 5.13 Å². The van der Waals surface area contributed by atoms with Crippen molar-refractivity contribution in [3.63, 3.8) is 0 Å². The Balaban J connectivity index is 1.57. The first-order valence-electron chi connectivity index (χ1n) is 8.98. The summed E-state index contributed by atoms with van der Waals surface area (Å²) in [5, 5.41) is 7.84. The van der Waals surface area contributed by atoms with Crippen LogP contribution in [0.5, 0.6) is 0 Å². The number of benzene rings is 2. The third-order valence-corrected chi connectivity index (χ3v) is 5.33. The van der Waals surface area contributed by atoms with E-state index in [1.807, 2.05) is 0 Å². The van der Waals surface area contributed by atoms with Crippen molar-refractivity contribution in [2.45, 2.75) is 6.92 Å². The summed E-state index contributed by atoms with van der Waals surface area (Å²) in [6.07, 6.45) is 1.72. The highest BCUT2D eigenvalue weighted by atomic mass is 32.1. The Hall–Kier alpha value is -3.65. The van der Waals surface area contributed by atoms with Crippen LogP contribution < -0.4 is 5.01 Å². The second-order valence-corrected chi connectivity index (χ2v) is 7.33. The van der Waals surface area contributed by atoms with Gasteiger partial charge in [0.05, 0.1) is 29.7 Å². The molecule has 1 aliphatic rings. The average Bonchev–Trinajstić information content (AvgIpc) is 3.35. The third kappa shape index (κ3) is 3.77. The molecule has 150 valence electrons. The van der Waals surface area contributed by atoms with E-state index in [2.05, 4.69) is 14.8 Å². The molecule has 0 radical (unpaired) electrons. The van der Waals surface area contributed by atoms with Gasteiger partial charge in [-0.15, -0.1) is 11.3 Å². The molecule has 6 nitrogen and oxygen atoms in total. The number of methoxy groups -OCH3 is 1. The lowest BCUT2D eigenvalue weighted by atomic mass is 10.1. The van der Waals surface area contributed by atoms with Crippen molar-refractivity contribution >= 4 is 40.1 Å². The van der Waals surface area contributed by atoms with Gasteiger partial charge in [-0.1, -0.05) is 12.1 Å². The number of amides is 1.